The number of urea groups is 1. The molecule has 128 valence electrons. The van der Waals surface area contributed by atoms with Crippen LogP contribution in [0.4, 0.5) is 9.59 Å². The molecule has 0 aliphatic carbocycles. The first-order chi connectivity index (χ1) is 11.5. The van der Waals surface area contributed by atoms with Gasteiger partial charge in [-0.05, 0) is 25.5 Å². The lowest BCUT2D eigenvalue weighted by Gasteiger charge is -2.24. The predicted octanol–water partition coefficient (Wildman–Crippen LogP) is 2.33. The van der Waals surface area contributed by atoms with Crippen molar-refractivity contribution in [3.63, 3.8) is 0 Å². The minimum Gasteiger partial charge on any atom is -0.449 e. The van der Waals surface area contributed by atoms with E-state index in [-0.39, 0.29) is 13.2 Å². The number of amides is 4. The van der Waals surface area contributed by atoms with Gasteiger partial charge in [0, 0.05) is 12.6 Å². The summed E-state index contributed by atoms with van der Waals surface area (Å²) in [6, 6.07) is 8.11. The van der Waals surface area contributed by atoms with Crippen molar-refractivity contribution in [2.24, 2.45) is 0 Å². The Morgan fingerprint density at radius 2 is 1.75 bits per heavy atom. The molecule has 0 spiro atoms. The molecule has 0 saturated carbocycles. The molecule has 0 unspecified atom stereocenters. The molecule has 7 nitrogen and oxygen atoms in total. The molecule has 1 rings (SSSR count). The number of rotatable bonds is 6. The van der Waals surface area contributed by atoms with Gasteiger partial charge >= 0.3 is 12.1 Å². The number of hydrogen-bond donors (Lipinski definition) is 0. The number of imide groups is 2. The SMILES string of the molecule is CCOC(=O)N(CC)C(=O)N(CC=O)C(=O)/C=C/c1ccccc1. The lowest BCUT2D eigenvalue weighted by atomic mass is 10.2. The normalized spacial score (nSPS) is 10.2. The molecule has 0 heterocycles. The summed E-state index contributed by atoms with van der Waals surface area (Å²) >= 11 is 0. The van der Waals surface area contributed by atoms with Gasteiger partial charge in [-0.1, -0.05) is 30.3 Å². The number of aldehydes is 1. The second kappa shape index (κ2) is 9.94. The summed E-state index contributed by atoms with van der Waals surface area (Å²) in [5.41, 5.74) is 0.766. The van der Waals surface area contributed by atoms with E-state index in [1.165, 1.54) is 12.2 Å². The Balaban J connectivity index is 2.93. The molecule has 1 aromatic rings. The van der Waals surface area contributed by atoms with Crippen LogP contribution in [-0.2, 0) is 14.3 Å². The summed E-state index contributed by atoms with van der Waals surface area (Å²) in [6.07, 6.45) is 2.26. The minimum atomic E-state index is -0.897. The van der Waals surface area contributed by atoms with Crippen LogP contribution in [0.15, 0.2) is 36.4 Å². The van der Waals surface area contributed by atoms with Gasteiger partial charge in [-0.25, -0.2) is 14.5 Å². The van der Waals surface area contributed by atoms with Gasteiger partial charge in [0.15, 0.2) is 0 Å². The summed E-state index contributed by atoms with van der Waals surface area (Å²) in [6.45, 7) is 2.83. The van der Waals surface area contributed by atoms with E-state index in [1.54, 1.807) is 38.1 Å². The molecular weight excluding hydrogens is 312 g/mol. The number of ether oxygens (including phenoxy) is 1. The first kappa shape index (κ1) is 19.1. The van der Waals surface area contributed by atoms with Crippen LogP contribution in [0.1, 0.15) is 19.4 Å². The van der Waals surface area contributed by atoms with E-state index >= 15 is 0 Å². The number of hydrogen-bond acceptors (Lipinski definition) is 5. The van der Waals surface area contributed by atoms with Crippen molar-refractivity contribution in [3.8, 4) is 0 Å². The van der Waals surface area contributed by atoms with Crippen molar-refractivity contribution < 1.29 is 23.9 Å². The molecule has 0 bridgehead atoms. The smallest absolute Gasteiger partial charge is 0.417 e. The van der Waals surface area contributed by atoms with Crippen molar-refractivity contribution in [2.45, 2.75) is 13.8 Å². The Morgan fingerprint density at radius 1 is 1.08 bits per heavy atom. The average Bonchev–Trinajstić information content (AvgIpc) is 2.59. The maximum Gasteiger partial charge on any atom is 0.417 e. The van der Waals surface area contributed by atoms with Gasteiger partial charge in [-0.3, -0.25) is 9.69 Å². The van der Waals surface area contributed by atoms with Crippen LogP contribution in [0.5, 0.6) is 0 Å². The summed E-state index contributed by atoms with van der Waals surface area (Å²) in [4.78, 5) is 48.6. The third-order valence-electron chi connectivity index (χ3n) is 3.01. The molecule has 4 amide bonds. The molecule has 0 fully saturated rings. The maximum absolute atomic E-state index is 12.4. The molecule has 0 aliphatic rings. The first-order valence-corrected chi connectivity index (χ1v) is 7.51. The van der Waals surface area contributed by atoms with E-state index in [9.17, 15) is 19.2 Å². The van der Waals surface area contributed by atoms with E-state index in [1.807, 2.05) is 6.07 Å². The number of nitrogens with zero attached hydrogens (tertiary/aromatic N) is 2. The Morgan fingerprint density at radius 3 is 2.29 bits per heavy atom. The van der Waals surface area contributed by atoms with E-state index in [2.05, 4.69) is 0 Å². The van der Waals surface area contributed by atoms with Crippen LogP contribution >= 0.6 is 0 Å². The summed E-state index contributed by atoms with van der Waals surface area (Å²) in [5, 5.41) is 0. The molecule has 0 atom stereocenters. The standard InChI is InChI=1S/C17H20N2O5/c1-3-18(17(23)24-4-2)16(22)19(12-13-20)15(21)11-10-14-8-6-5-7-9-14/h5-11,13H,3-4,12H2,1-2H3/b11-10+. The first-order valence-electron chi connectivity index (χ1n) is 7.51. The van der Waals surface area contributed by atoms with Crippen molar-refractivity contribution in [1.29, 1.82) is 0 Å². The van der Waals surface area contributed by atoms with Crippen molar-refractivity contribution in [3.05, 3.63) is 42.0 Å². The van der Waals surface area contributed by atoms with Crippen molar-refractivity contribution >= 4 is 30.4 Å². The van der Waals surface area contributed by atoms with Gasteiger partial charge in [-0.2, -0.15) is 0 Å². The molecule has 1 aromatic carbocycles. The quantitative estimate of drug-likeness (QED) is 0.589. The second-order valence-corrected chi connectivity index (χ2v) is 4.59. The Bertz CT molecular complexity index is 613. The van der Waals surface area contributed by atoms with Gasteiger partial charge in [-0.15, -0.1) is 0 Å². The van der Waals surface area contributed by atoms with Crippen LogP contribution in [-0.4, -0.2) is 53.8 Å². The monoisotopic (exact) mass is 332 g/mol. The highest BCUT2D eigenvalue weighted by Crippen LogP contribution is 2.06. The fourth-order valence-corrected chi connectivity index (χ4v) is 1.85. The molecule has 0 aromatic heterocycles. The molecule has 0 N–H and O–H groups in total. The highest BCUT2D eigenvalue weighted by atomic mass is 16.6. The third kappa shape index (κ3) is 5.35. The van der Waals surface area contributed by atoms with E-state index in [0.717, 1.165) is 10.5 Å². The fraction of sp³-hybridized carbons (Fsp3) is 0.294. The minimum absolute atomic E-state index is 0.0166. The van der Waals surface area contributed by atoms with Gasteiger partial charge in [0.1, 0.15) is 6.29 Å². The summed E-state index contributed by atoms with van der Waals surface area (Å²) in [7, 11) is 0. The Labute approximate surface area is 140 Å². The topological polar surface area (TPSA) is 84.0 Å². The zero-order valence-electron chi connectivity index (χ0n) is 13.7. The largest absolute Gasteiger partial charge is 0.449 e. The van der Waals surface area contributed by atoms with Gasteiger partial charge < -0.3 is 9.53 Å². The van der Waals surface area contributed by atoms with Crippen LogP contribution < -0.4 is 0 Å². The van der Waals surface area contributed by atoms with Crippen LogP contribution in [0.3, 0.4) is 0 Å². The predicted molar refractivity (Wildman–Crippen MR) is 88.1 cm³/mol. The van der Waals surface area contributed by atoms with E-state index in [0.29, 0.717) is 11.2 Å². The summed E-state index contributed by atoms with van der Waals surface area (Å²) < 4.78 is 4.78. The highest BCUT2D eigenvalue weighted by Gasteiger charge is 2.29. The lowest BCUT2D eigenvalue weighted by molar-refractivity contribution is -0.125. The van der Waals surface area contributed by atoms with E-state index < -0.39 is 24.6 Å². The Kier molecular flexibility index (Phi) is 7.90. The lowest BCUT2D eigenvalue weighted by Crippen LogP contribution is -2.49. The molecule has 0 saturated heterocycles. The highest BCUT2D eigenvalue weighted by molar-refractivity contribution is 6.06. The van der Waals surface area contributed by atoms with Crippen LogP contribution in [0.25, 0.3) is 6.08 Å². The number of carbonyl (C=O) groups is 4. The van der Waals surface area contributed by atoms with Crippen molar-refractivity contribution in [2.75, 3.05) is 19.7 Å². The van der Waals surface area contributed by atoms with Gasteiger partial charge in [0.25, 0.3) is 5.91 Å². The second-order valence-electron chi connectivity index (χ2n) is 4.59. The van der Waals surface area contributed by atoms with E-state index in [4.69, 9.17) is 4.74 Å². The zero-order valence-corrected chi connectivity index (χ0v) is 13.7. The molecule has 0 radical (unpaired) electrons. The van der Waals surface area contributed by atoms with Gasteiger partial charge in [0.05, 0.1) is 13.2 Å². The molecule has 24 heavy (non-hydrogen) atoms. The maximum atomic E-state index is 12.4. The summed E-state index contributed by atoms with van der Waals surface area (Å²) in [5.74, 6) is -0.696. The number of benzene rings is 1. The molecular formula is C17H20N2O5. The Hall–Kier alpha value is -2.96. The average molecular weight is 332 g/mol. The molecule has 7 heteroatoms. The van der Waals surface area contributed by atoms with Crippen molar-refractivity contribution in [1.82, 2.24) is 9.80 Å². The molecule has 0 aliphatic heterocycles. The number of carbonyl (C=O) groups excluding carboxylic acids is 4. The van der Waals surface area contributed by atoms with Gasteiger partial charge in [0.2, 0.25) is 0 Å². The zero-order chi connectivity index (χ0) is 17.9. The third-order valence-corrected chi connectivity index (χ3v) is 3.01. The fourth-order valence-electron chi connectivity index (χ4n) is 1.85. The van der Waals surface area contributed by atoms with Crippen LogP contribution in [0.2, 0.25) is 0 Å². The van der Waals surface area contributed by atoms with Crippen LogP contribution in [0, 0.1) is 0 Å².